The normalized spacial score (nSPS) is 23.9. The molecule has 0 aromatic carbocycles. The maximum atomic E-state index is 11.6. The van der Waals surface area contributed by atoms with Gasteiger partial charge in [0.15, 0.2) is 5.69 Å². The molecular formula is C20H25BN6O4. The van der Waals surface area contributed by atoms with Crippen molar-refractivity contribution >= 4 is 24.4 Å². The van der Waals surface area contributed by atoms with Gasteiger partial charge in [-0.1, -0.05) is 0 Å². The molecule has 2 aliphatic heterocycles. The van der Waals surface area contributed by atoms with Crippen LogP contribution in [0.25, 0.3) is 0 Å². The summed E-state index contributed by atoms with van der Waals surface area (Å²) < 4.78 is 18.7. The maximum Gasteiger partial charge on any atom is 0.498 e. The molecule has 2 aromatic heterocycles. The van der Waals surface area contributed by atoms with Gasteiger partial charge in [0, 0.05) is 36.7 Å². The second-order valence-electron chi connectivity index (χ2n) is 8.78. The van der Waals surface area contributed by atoms with Crippen molar-refractivity contribution in [2.45, 2.75) is 51.5 Å². The van der Waals surface area contributed by atoms with Crippen LogP contribution in [0.15, 0.2) is 24.8 Å². The Hall–Kier alpha value is -2.97. The van der Waals surface area contributed by atoms with E-state index in [4.69, 9.17) is 9.31 Å². The number of carbonyl (C=O) groups is 1. The summed E-state index contributed by atoms with van der Waals surface area (Å²) in [5.74, 6) is 0.137. The Morgan fingerprint density at radius 1 is 1.26 bits per heavy atom. The molecule has 2 aromatic rings. The van der Waals surface area contributed by atoms with E-state index in [0.717, 1.165) is 5.46 Å². The summed E-state index contributed by atoms with van der Waals surface area (Å²) in [5.41, 5.74) is 0.0675. The number of nitriles is 1. The van der Waals surface area contributed by atoms with Gasteiger partial charge >= 0.3 is 13.1 Å². The average Bonchev–Trinajstić information content (AvgIpc) is 3.26. The van der Waals surface area contributed by atoms with Crippen LogP contribution in [-0.4, -0.2) is 57.7 Å². The van der Waals surface area contributed by atoms with E-state index in [1.807, 2.05) is 43.5 Å². The summed E-state index contributed by atoms with van der Waals surface area (Å²) in [6, 6.07) is 2.24. The lowest BCUT2D eigenvalue weighted by molar-refractivity contribution is 0.00578. The number of hydrogen-bond donors (Lipinski definition) is 0. The van der Waals surface area contributed by atoms with Crippen LogP contribution < -0.4 is 10.4 Å². The van der Waals surface area contributed by atoms with Crippen LogP contribution in [0.5, 0.6) is 0 Å². The van der Waals surface area contributed by atoms with Crippen LogP contribution in [0, 0.1) is 17.2 Å². The number of rotatable bonds is 5. The summed E-state index contributed by atoms with van der Waals surface area (Å²) in [4.78, 5) is 22.1. The zero-order valence-corrected chi connectivity index (χ0v) is 18.3. The van der Waals surface area contributed by atoms with E-state index in [9.17, 15) is 10.1 Å². The van der Waals surface area contributed by atoms with Crippen LogP contribution in [0.3, 0.4) is 0 Å². The number of anilines is 1. The van der Waals surface area contributed by atoms with Crippen molar-refractivity contribution in [2.75, 3.05) is 18.6 Å². The number of esters is 1. The second-order valence-corrected chi connectivity index (χ2v) is 8.78. The maximum absolute atomic E-state index is 11.6. The summed E-state index contributed by atoms with van der Waals surface area (Å²) in [7, 11) is 0.784. The molecule has 0 saturated carbocycles. The summed E-state index contributed by atoms with van der Waals surface area (Å²) in [6.45, 7) is 8.65. The van der Waals surface area contributed by atoms with Crippen LogP contribution in [0.4, 0.5) is 5.82 Å². The van der Waals surface area contributed by atoms with Gasteiger partial charge in [-0.15, -0.1) is 0 Å². The summed E-state index contributed by atoms with van der Waals surface area (Å²) in [6.07, 6.45) is 6.72. The highest BCUT2D eigenvalue weighted by Crippen LogP contribution is 2.39. The molecule has 0 spiro atoms. The van der Waals surface area contributed by atoms with Crippen LogP contribution in [0.1, 0.15) is 50.8 Å². The molecule has 2 saturated heterocycles. The number of ether oxygens (including phenoxy) is 1. The van der Waals surface area contributed by atoms with E-state index >= 15 is 0 Å². The molecule has 31 heavy (non-hydrogen) atoms. The molecule has 2 unspecified atom stereocenters. The molecule has 2 aliphatic rings. The van der Waals surface area contributed by atoms with Crippen molar-refractivity contribution in [1.29, 1.82) is 5.26 Å². The smallest absolute Gasteiger partial charge is 0.464 e. The van der Waals surface area contributed by atoms with Gasteiger partial charge in [-0.25, -0.2) is 19.4 Å². The molecule has 2 fully saturated rings. The third kappa shape index (κ3) is 3.66. The fourth-order valence-corrected chi connectivity index (χ4v) is 3.72. The quantitative estimate of drug-likeness (QED) is 0.517. The van der Waals surface area contributed by atoms with Gasteiger partial charge in [-0.2, -0.15) is 10.4 Å². The fraction of sp³-hybridized carbons (Fsp3) is 0.550. The molecule has 2 atom stereocenters. The van der Waals surface area contributed by atoms with Gasteiger partial charge in [0.1, 0.15) is 12.0 Å². The molecule has 4 rings (SSSR count). The number of methoxy groups -OCH3 is 1. The Bertz CT molecular complexity index is 999. The standard InChI is InChI=1S/C20H25BN6O4/c1-19(2)20(3,4)31-21(30-19)14-8-25-27(12-14)17-13(6-7-22)11-26(17)16-10-23-15(9-24-16)18(28)29-5/h8-10,12-13,17H,6,11H2,1-5H3. The number of nitrogens with zero attached hydrogens (tertiary/aromatic N) is 6. The van der Waals surface area contributed by atoms with Gasteiger partial charge in [0.25, 0.3) is 0 Å². The minimum atomic E-state index is -0.541. The van der Waals surface area contributed by atoms with Crippen molar-refractivity contribution < 1.29 is 18.8 Å². The third-order valence-corrected chi connectivity index (χ3v) is 6.27. The Morgan fingerprint density at radius 3 is 2.55 bits per heavy atom. The van der Waals surface area contributed by atoms with E-state index in [0.29, 0.717) is 18.8 Å². The Labute approximate surface area is 181 Å². The Balaban J connectivity index is 1.56. The van der Waals surface area contributed by atoms with Crippen molar-refractivity contribution in [2.24, 2.45) is 5.92 Å². The van der Waals surface area contributed by atoms with Crippen LogP contribution in [0.2, 0.25) is 0 Å². The zero-order valence-electron chi connectivity index (χ0n) is 18.3. The lowest BCUT2D eigenvalue weighted by atomic mass is 9.82. The lowest BCUT2D eigenvalue weighted by Gasteiger charge is -2.47. The molecular weight excluding hydrogens is 399 g/mol. The molecule has 0 aliphatic carbocycles. The molecule has 0 amide bonds. The molecule has 4 heterocycles. The van der Waals surface area contributed by atoms with E-state index in [2.05, 4.69) is 25.9 Å². The van der Waals surface area contributed by atoms with Crippen molar-refractivity contribution in [3.05, 3.63) is 30.5 Å². The van der Waals surface area contributed by atoms with Gasteiger partial charge in [0.05, 0.1) is 36.8 Å². The van der Waals surface area contributed by atoms with Crippen molar-refractivity contribution in [3.8, 4) is 6.07 Å². The minimum absolute atomic E-state index is 0.0816. The first-order chi connectivity index (χ1) is 14.7. The van der Waals surface area contributed by atoms with Gasteiger partial charge in [0.2, 0.25) is 0 Å². The minimum Gasteiger partial charge on any atom is -0.464 e. The van der Waals surface area contributed by atoms with Crippen molar-refractivity contribution in [1.82, 2.24) is 19.7 Å². The summed E-state index contributed by atoms with van der Waals surface area (Å²) in [5, 5.41) is 13.8. The zero-order chi connectivity index (χ0) is 22.4. The molecule has 0 N–H and O–H groups in total. The monoisotopic (exact) mass is 424 g/mol. The topological polar surface area (TPSA) is 115 Å². The number of aromatic nitrogens is 4. The van der Waals surface area contributed by atoms with Crippen LogP contribution >= 0.6 is 0 Å². The summed E-state index contributed by atoms with van der Waals surface area (Å²) >= 11 is 0. The largest absolute Gasteiger partial charge is 0.498 e. The van der Waals surface area contributed by atoms with E-state index in [1.54, 1.807) is 6.20 Å². The SMILES string of the molecule is COC(=O)c1cnc(N2CC(CC#N)C2n2cc(B3OC(C)(C)C(C)(C)O3)cn2)cn1. The molecule has 0 radical (unpaired) electrons. The highest BCUT2D eigenvalue weighted by Gasteiger charge is 2.52. The van der Waals surface area contributed by atoms with Crippen LogP contribution in [-0.2, 0) is 14.0 Å². The fourth-order valence-electron chi connectivity index (χ4n) is 3.72. The van der Waals surface area contributed by atoms with Gasteiger partial charge < -0.3 is 18.9 Å². The first kappa shape index (κ1) is 21.3. The van der Waals surface area contributed by atoms with E-state index in [1.165, 1.54) is 19.5 Å². The lowest BCUT2D eigenvalue weighted by Crippen LogP contribution is -2.53. The predicted molar refractivity (Wildman–Crippen MR) is 111 cm³/mol. The number of hydrogen-bond acceptors (Lipinski definition) is 9. The van der Waals surface area contributed by atoms with E-state index < -0.39 is 24.3 Å². The predicted octanol–water partition coefficient (Wildman–Crippen LogP) is 1.31. The van der Waals surface area contributed by atoms with Gasteiger partial charge in [-0.3, -0.25) is 0 Å². The second kappa shape index (κ2) is 7.62. The highest BCUT2D eigenvalue weighted by molar-refractivity contribution is 6.62. The van der Waals surface area contributed by atoms with Gasteiger partial charge in [-0.05, 0) is 27.7 Å². The Kier molecular flexibility index (Phi) is 5.23. The third-order valence-electron chi connectivity index (χ3n) is 6.27. The molecule has 10 nitrogen and oxygen atoms in total. The molecule has 11 heteroatoms. The average molecular weight is 424 g/mol. The molecule has 162 valence electrons. The van der Waals surface area contributed by atoms with Crippen molar-refractivity contribution in [3.63, 3.8) is 0 Å². The first-order valence-corrected chi connectivity index (χ1v) is 10.1. The first-order valence-electron chi connectivity index (χ1n) is 10.1. The highest BCUT2D eigenvalue weighted by atomic mass is 16.7. The molecule has 0 bridgehead atoms. The Morgan fingerprint density at radius 2 is 1.97 bits per heavy atom. The van der Waals surface area contributed by atoms with E-state index in [-0.39, 0.29) is 17.8 Å². The number of carbonyl (C=O) groups excluding carboxylic acids is 1.